The minimum atomic E-state index is -0.920. The molecule has 2 N–H and O–H groups in total. The second-order valence-electron chi connectivity index (χ2n) is 11.2. The van der Waals surface area contributed by atoms with Gasteiger partial charge in [0.05, 0.1) is 0 Å². The molecular weight excluding hydrogens is 561 g/mol. The number of rotatable bonds is 4. The SMILES string of the molecule is CC[C@H](C)[C@@H]1NC(=O)[C@@H]2[C@@H](CCN2C(=O)OC(C)(C)C)Oc2ccc(cc2)C([Se]c2ccccc2)CNC1=O. The van der Waals surface area contributed by atoms with Crippen LogP contribution < -0.4 is 19.8 Å². The molecule has 0 aliphatic carbocycles. The number of carbonyl (C=O) groups excluding carboxylic acids is 3. The van der Waals surface area contributed by atoms with Crippen molar-refractivity contribution in [3.05, 3.63) is 60.2 Å². The summed E-state index contributed by atoms with van der Waals surface area (Å²) in [5.41, 5.74) is 0.409. The fourth-order valence-electron chi connectivity index (χ4n) is 4.79. The molecule has 5 atom stereocenters. The van der Waals surface area contributed by atoms with Crippen molar-refractivity contribution in [1.29, 1.82) is 0 Å². The van der Waals surface area contributed by atoms with Gasteiger partial charge in [-0.05, 0) is 20.8 Å². The molecule has 5 rings (SSSR count). The van der Waals surface area contributed by atoms with Crippen molar-refractivity contribution in [2.24, 2.45) is 5.92 Å². The zero-order chi connectivity index (χ0) is 28.2. The third kappa shape index (κ3) is 7.34. The van der Waals surface area contributed by atoms with Crippen molar-refractivity contribution in [2.45, 2.75) is 76.1 Å². The average Bonchev–Trinajstić information content (AvgIpc) is 3.32. The summed E-state index contributed by atoms with van der Waals surface area (Å²) in [6, 6.07) is 16.5. The zero-order valence-electron chi connectivity index (χ0n) is 23.3. The fourth-order valence-corrected chi connectivity index (χ4v) is 7.11. The summed E-state index contributed by atoms with van der Waals surface area (Å²) >= 11 is 0.0769. The number of nitrogens with zero attached hydrogens (tertiary/aromatic N) is 1. The van der Waals surface area contributed by atoms with Crippen LogP contribution in [-0.4, -0.2) is 74.6 Å². The van der Waals surface area contributed by atoms with E-state index in [9.17, 15) is 14.4 Å². The topological polar surface area (TPSA) is 97.0 Å². The minimum absolute atomic E-state index is 0.0769. The Labute approximate surface area is 237 Å². The van der Waals surface area contributed by atoms with E-state index in [1.54, 1.807) is 20.8 Å². The van der Waals surface area contributed by atoms with Crippen molar-refractivity contribution in [3.63, 3.8) is 0 Å². The first-order chi connectivity index (χ1) is 18.6. The molecule has 3 aliphatic rings. The Morgan fingerprint density at radius 1 is 1.10 bits per heavy atom. The van der Waals surface area contributed by atoms with Crippen molar-refractivity contribution in [2.75, 3.05) is 13.1 Å². The van der Waals surface area contributed by atoms with Crippen LogP contribution in [0, 0.1) is 5.92 Å². The second-order valence-corrected chi connectivity index (χ2v) is 13.8. The van der Waals surface area contributed by atoms with E-state index < -0.39 is 35.8 Å². The summed E-state index contributed by atoms with van der Waals surface area (Å²) in [7, 11) is 0. The maximum absolute atomic E-state index is 13.8. The van der Waals surface area contributed by atoms with Crippen molar-refractivity contribution < 1.29 is 23.9 Å². The molecule has 3 amide bonds. The van der Waals surface area contributed by atoms with Crippen LogP contribution in [0.25, 0.3) is 0 Å². The van der Waals surface area contributed by atoms with Gasteiger partial charge in [0.1, 0.15) is 0 Å². The number of nitrogens with one attached hydrogen (secondary N) is 2. The molecule has 1 fully saturated rings. The van der Waals surface area contributed by atoms with Crippen LogP contribution in [0.4, 0.5) is 4.79 Å². The molecule has 8 nitrogen and oxygen atoms in total. The van der Waals surface area contributed by atoms with Crippen LogP contribution in [0.3, 0.4) is 0 Å². The van der Waals surface area contributed by atoms with Gasteiger partial charge < -0.3 is 0 Å². The molecule has 0 saturated carbocycles. The summed E-state index contributed by atoms with van der Waals surface area (Å²) in [5.74, 6) is -0.103. The van der Waals surface area contributed by atoms with Gasteiger partial charge in [-0.2, -0.15) is 0 Å². The predicted octanol–water partition coefficient (Wildman–Crippen LogP) is 3.17. The molecule has 210 valence electrons. The predicted molar refractivity (Wildman–Crippen MR) is 151 cm³/mol. The van der Waals surface area contributed by atoms with Gasteiger partial charge in [0.2, 0.25) is 0 Å². The van der Waals surface area contributed by atoms with Gasteiger partial charge in [-0.25, -0.2) is 0 Å². The first-order valence-corrected chi connectivity index (χ1v) is 15.5. The number of ether oxygens (including phenoxy) is 2. The van der Waals surface area contributed by atoms with Gasteiger partial charge >= 0.3 is 217 Å². The Kier molecular flexibility index (Phi) is 9.23. The zero-order valence-corrected chi connectivity index (χ0v) is 25.0. The molecule has 0 aromatic heterocycles. The van der Waals surface area contributed by atoms with E-state index >= 15 is 0 Å². The van der Waals surface area contributed by atoms with E-state index in [0.29, 0.717) is 31.7 Å². The van der Waals surface area contributed by atoms with E-state index in [4.69, 9.17) is 9.47 Å². The van der Waals surface area contributed by atoms with Crippen LogP contribution >= 0.6 is 0 Å². The van der Waals surface area contributed by atoms with Crippen molar-refractivity contribution in [1.82, 2.24) is 15.5 Å². The third-order valence-electron chi connectivity index (χ3n) is 7.05. The molecule has 2 aromatic carbocycles. The van der Waals surface area contributed by atoms with Crippen LogP contribution in [0.5, 0.6) is 5.75 Å². The van der Waals surface area contributed by atoms with E-state index in [1.807, 2.05) is 56.3 Å². The Morgan fingerprint density at radius 3 is 2.44 bits per heavy atom. The molecule has 1 unspecified atom stereocenters. The van der Waals surface area contributed by atoms with Gasteiger partial charge in [-0.1, -0.05) is 0 Å². The van der Waals surface area contributed by atoms with Gasteiger partial charge in [0.25, 0.3) is 0 Å². The van der Waals surface area contributed by atoms with Crippen LogP contribution in [0.1, 0.15) is 57.8 Å². The van der Waals surface area contributed by atoms with E-state index in [0.717, 1.165) is 5.56 Å². The number of fused-ring (bicyclic) bond motifs is 8. The van der Waals surface area contributed by atoms with Gasteiger partial charge in [-0.3, -0.25) is 0 Å². The molecule has 1 saturated heterocycles. The van der Waals surface area contributed by atoms with Gasteiger partial charge in [0, 0.05) is 0 Å². The van der Waals surface area contributed by atoms with E-state index in [-0.39, 0.29) is 31.6 Å². The van der Waals surface area contributed by atoms with Gasteiger partial charge in [0.15, 0.2) is 0 Å². The first kappa shape index (κ1) is 29.0. The van der Waals surface area contributed by atoms with Crippen molar-refractivity contribution in [3.8, 4) is 5.75 Å². The maximum atomic E-state index is 13.8. The number of benzene rings is 2. The van der Waals surface area contributed by atoms with Crippen LogP contribution in [-0.2, 0) is 14.3 Å². The molecule has 2 aromatic rings. The van der Waals surface area contributed by atoms with Crippen molar-refractivity contribution >= 4 is 37.3 Å². The quantitative estimate of drug-likeness (QED) is 0.526. The number of likely N-dealkylation sites (tertiary alicyclic amines) is 1. The van der Waals surface area contributed by atoms with E-state index in [2.05, 4.69) is 22.8 Å². The Bertz CT molecular complexity index is 1150. The second kappa shape index (κ2) is 12.4. The number of amides is 3. The summed E-state index contributed by atoms with van der Waals surface area (Å²) in [6.45, 7) is 10.1. The molecule has 39 heavy (non-hydrogen) atoms. The van der Waals surface area contributed by atoms with Crippen LogP contribution in [0.15, 0.2) is 54.6 Å². The molecule has 0 radical (unpaired) electrons. The molecule has 9 heteroatoms. The number of carbonyl (C=O) groups is 3. The normalized spacial score (nSPS) is 24.6. The third-order valence-corrected chi connectivity index (χ3v) is 9.71. The Balaban J connectivity index is 1.67. The summed E-state index contributed by atoms with van der Waals surface area (Å²) in [5, 5.41) is 6.10. The fraction of sp³-hybridized carbons (Fsp3) is 0.500. The molecule has 3 aliphatic heterocycles. The Morgan fingerprint density at radius 2 is 1.79 bits per heavy atom. The van der Waals surface area contributed by atoms with Gasteiger partial charge in [-0.15, -0.1) is 0 Å². The molecule has 0 spiro atoms. The summed E-state index contributed by atoms with van der Waals surface area (Å²) in [4.78, 5) is 41.9. The van der Waals surface area contributed by atoms with E-state index in [1.165, 1.54) is 9.36 Å². The number of hydrogen-bond acceptors (Lipinski definition) is 5. The standard InChI is InChI=1S/C30H39N3O5Se/c1-6-19(2)25-27(34)31-18-24(39-22-10-8-7-9-11-22)20-12-14-21(15-13-20)37-23-16-17-33(26(23)28(35)32-25)29(36)38-30(3,4)5/h7-15,19,23-26H,6,16-18H2,1-5H3,(H,31,34)(H,32,35)/t19-,23+,24?,25-,26-/m0/s1. The molecular formula is C30H39N3O5Se. The average molecular weight is 601 g/mol. The Hall–Kier alpha value is -3.03. The summed E-state index contributed by atoms with van der Waals surface area (Å²) in [6.07, 6.45) is 0.0349. The number of hydrogen-bond donors (Lipinski definition) is 2. The summed E-state index contributed by atoms with van der Waals surface area (Å²) < 4.78 is 13.2. The monoisotopic (exact) mass is 601 g/mol. The first-order valence-electron chi connectivity index (χ1n) is 13.6. The van der Waals surface area contributed by atoms with Crippen LogP contribution in [0.2, 0.25) is 0 Å². The molecule has 3 heterocycles. The molecule has 2 bridgehead atoms.